The van der Waals surface area contributed by atoms with Crippen molar-refractivity contribution in [2.45, 2.75) is 51.1 Å². The number of halogens is 3. The van der Waals surface area contributed by atoms with Gasteiger partial charge in [-0.25, -0.2) is 4.39 Å². The second-order valence-electron chi connectivity index (χ2n) is 14.7. The lowest BCUT2D eigenvalue weighted by molar-refractivity contribution is -0.126. The highest BCUT2D eigenvalue weighted by Gasteiger charge is 2.38. The lowest BCUT2D eigenvalue weighted by Crippen LogP contribution is -2.54. The Bertz CT molecular complexity index is 2560. The van der Waals surface area contributed by atoms with Crippen LogP contribution in [0.15, 0.2) is 127 Å². The van der Waals surface area contributed by atoms with Crippen molar-refractivity contribution >= 4 is 35.0 Å². The summed E-state index contributed by atoms with van der Waals surface area (Å²) >= 11 is 12.2. The van der Waals surface area contributed by atoms with Crippen molar-refractivity contribution in [3.63, 3.8) is 0 Å². The van der Waals surface area contributed by atoms with Crippen LogP contribution in [0, 0.1) is 17.1 Å². The number of fused-ring (bicyclic) bond motifs is 2. The molecule has 0 saturated carbocycles. The van der Waals surface area contributed by atoms with Gasteiger partial charge in [-0.3, -0.25) is 9.59 Å². The fraction of sp³-hybridized carbons (Fsp3) is 0.188. The molecule has 0 radical (unpaired) electrons. The maximum Gasteiger partial charge on any atom is 0.257 e. The molecule has 0 aliphatic carbocycles. The van der Waals surface area contributed by atoms with Gasteiger partial charge in [-0.2, -0.15) is 5.26 Å². The fourth-order valence-electron chi connectivity index (χ4n) is 7.44. The molecule has 2 aliphatic heterocycles. The molecule has 8 nitrogen and oxygen atoms in total. The molecule has 8 rings (SSSR count). The van der Waals surface area contributed by atoms with Crippen molar-refractivity contribution in [2.75, 3.05) is 6.61 Å². The minimum atomic E-state index is -0.900. The van der Waals surface area contributed by atoms with E-state index in [1.807, 2.05) is 85.8 Å². The van der Waals surface area contributed by atoms with Gasteiger partial charge in [0.15, 0.2) is 17.6 Å². The number of benzene rings is 6. The zero-order chi connectivity index (χ0) is 41.0. The molecular weight excluding hydrogens is 788 g/mol. The summed E-state index contributed by atoms with van der Waals surface area (Å²) in [5, 5.41) is 13.2. The van der Waals surface area contributed by atoms with Gasteiger partial charge in [0, 0.05) is 19.0 Å². The SMILES string of the molecule is CC(Cc1ccc(-c2ccc(C#N)cc2)cc1)NC(=O)C1Cc2cc3c(cc2CN1C(=O)c1ccccc1F)OC(c1ccc(OCc2ccc(Cl)c(Cl)c2)cc1)CO3. The van der Waals surface area contributed by atoms with Crippen LogP contribution >= 0.6 is 23.2 Å². The summed E-state index contributed by atoms with van der Waals surface area (Å²) < 4.78 is 33.7. The lowest BCUT2D eigenvalue weighted by Gasteiger charge is -2.38. The second kappa shape index (κ2) is 17.3. The highest BCUT2D eigenvalue weighted by molar-refractivity contribution is 6.42. The monoisotopic (exact) mass is 825 g/mol. The summed E-state index contributed by atoms with van der Waals surface area (Å²) in [5.74, 6) is 0.174. The number of nitrogens with zero attached hydrogens (tertiary/aromatic N) is 2. The first-order chi connectivity index (χ1) is 28.6. The van der Waals surface area contributed by atoms with E-state index in [0.717, 1.165) is 38.9 Å². The Morgan fingerprint density at radius 1 is 0.864 bits per heavy atom. The number of amides is 2. The van der Waals surface area contributed by atoms with E-state index in [0.29, 0.717) is 45.9 Å². The molecule has 59 heavy (non-hydrogen) atoms. The standard InChI is InChI=1S/C48H38Cl2FN3O5/c1-29(20-30-6-11-33(12-7-30)34-13-8-31(25-52)9-14-34)53-47(55)43-22-36-23-44-45(24-37(36)26-54(43)48(56)39-4-2-3-5-42(39)51)59-46(28-58-44)35-15-17-38(18-16-35)57-27-32-10-19-40(49)41(50)21-32/h2-19,21,23-24,29,43,46H,20,22,26-28H2,1H3,(H,53,55). The van der Waals surface area contributed by atoms with Gasteiger partial charge >= 0.3 is 0 Å². The number of hydrogen-bond donors (Lipinski definition) is 1. The van der Waals surface area contributed by atoms with Crippen molar-refractivity contribution < 1.29 is 28.2 Å². The van der Waals surface area contributed by atoms with E-state index < -0.39 is 23.9 Å². The van der Waals surface area contributed by atoms with Crippen LogP contribution in [0.3, 0.4) is 0 Å². The minimum absolute atomic E-state index is 0.0674. The van der Waals surface area contributed by atoms with E-state index in [4.69, 9.17) is 42.7 Å². The Kier molecular flexibility index (Phi) is 11.5. The van der Waals surface area contributed by atoms with Gasteiger partial charge in [0.25, 0.3) is 5.91 Å². The van der Waals surface area contributed by atoms with Crippen molar-refractivity contribution in [3.05, 3.63) is 182 Å². The van der Waals surface area contributed by atoms with Crippen LogP contribution in [-0.2, 0) is 30.8 Å². The van der Waals surface area contributed by atoms with Gasteiger partial charge in [-0.1, -0.05) is 89.9 Å². The van der Waals surface area contributed by atoms with E-state index >= 15 is 4.39 Å². The topological polar surface area (TPSA) is 101 Å². The molecular formula is C48H38Cl2FN3O5. The second-order valence-corrected chi connectivity index (χ2v) is 15.5. The number of nitrogens with one attached hydrogen (secondary N) is 1. The van der Waals surface area contributed by atoms with Crippen LogP contribution in [0.4, 0.5) is 4.39 Å². The number of nitriles is 1. The average Bonchev–Trinajstić information content (AvgIpc) is 3.25. The van der Waals surface area contributed by atoms with Crippen molar-refractivity contribution in [2.24, 2.45) is 0 Å². The van der Waals surface area contributed by atoms with Crippen LogP contribution in [0.2, 0.25) is 10.0 Å². The maximum atomic E-state index is 15.0. The summed E-state index contributed by atoms with van der Waals surface area (Å²) in [4.78, 5) is 29.6. The minimum Gasteiger partial charge on any atom is -0.489 e. The largest absolute Gasteiger partial charge is 0.489 e. The Balaban J connectivity index is 0.961. The van der Waals surface area contributed by atoms with Gasteiger partial charge in [-0.05, 0) is 113 Å². The Morgan fingerprint density at radius 2 is 1.56 bits per heavy atom. The normalized spacial score (nSPS) is 16.0. The van der Waals surface area contributed by atoms with E-state index in [9.17, 15) is 9.59 Å². The Morgan fingerprint density at radius 3 is 2.27 bits per heavy atom. The summed E-state index contributed by atoms with van der Waals surface area (Å²) in [6.45, 7) is 2.58. The third-order valence-electron chi connectivity index (χ3n) is 10.6. The van der Waals surface area contributed by atoms with Crippen molar-refractivity contribution in [3.8, 4) is 34.4 Å². The summed E-state index contributed by atoms with van der Waals surface area (Å²) in [7, 11) is 0. The predicted molar refractivity (Wildman–Crippen MR) is 224 cm³/mol. The first-order valence-corrected chi connectivity index (χ1v) is 19.9. The number of rotatable bonds is 10. The molecule has 2 heterocycles. The summed E-state index contributed by atoms with van der Waals surface area (Å²) in [6, 6.07) is 38.9. The number of ether oxygens (including phenoxy) is 3. The number of carbonyl (C=O) groups is 2. The molecule has 6 aromatic carbocycles. The molecule has 2 aliphatic rings. The fourth-order valence-corrected chi connectivity index (χ4v) is 7.76. The molecule has 2 amide bonds. The molecule has 0 fully saturated rings. The highest BCUT2D eigenvalue weighted by Crippen LogP contribution is 2.41. The van der Waals surface area contributed by atoms with Crippen LogP contribution in [-0.4, -0.2) is 35.4 Å². The quantitative estimate of drug-likeness (QED) is 0.148. The number of carbonyl (C=O) groups excluding carboxylic acids is 2. The molecule has 3 atom stereocenters. The first kappa shape index (κ1) is 39.5. The molecule has 296 valence electrons. The van der Waals surface area contributed by atoms with Gasteiger partial charge in [-0.15, -0.1) is 0 Å². The third-order valence-corrected chi connectivity index (χ3v) is 11.3. The Labute approximate surface area is 351 Å². The molecule has 0 spiro atoms. The van der Waals surface area contributed by atoms with Gasteiger partial charge in [0.05, 0.1) is 27.2 Å². The van der Waals surface area contributed by atoms with Crippen LogP contribution in [0.1, 0.15) is 56.8 Å². The molecule has 3 unspecified atom stereocenters. The summed E-state index contributed by atoms with van der Waals surface area (Å²) in [5.41, 5.74) is 6.94. The zero-order valence-corrected chi connectivity index (χ0v) is 33.5. The molecule has 0 aromatic heterocycles. The van der Waals surface area contributed by atoms with E-state index in [1.54, 1.807) is 30.3 Å². The van der Waals surface area contributed by atoms with Gasteiger partial charge in [0.1, 0.15) is 30.8 Å². The van der Waals surface area contributed by atoms with Gasteiger partial charge < -0.3 is 24.4 Å². The maximum absolute atomic E-state index is 15.0. The summed E-state index contributed by atoms with van der Waals surface area (Å²) in [6.07, 6.45) is 0.353. The van der Waals surface area contributed by atoms with E-state index in [-0.39, 0.29) is 37.1 Å². The predicted octanol–water partition coefficient (Wildman–Crippen LogP) is 10.1. The first-order valence-electron chi connectivity index (χ1n) is 19.2. The van der Waals surface area contributed by atoms with Crippen LogP contribution < -0.4 is 19.5 Å². The Hall–Kier alpha value is -6.34. The highest BCUT2D eigenvalue weighted by atomic mass is 35.5. The zero-order valence-electron chi connectivity index (χ0n) is 32.0. The number of hydrogen-bond acceptors (Lipinski definition) is 6. The van der Waals surface area contributed by atoms with Crippen LogP contribution in [0.5, 0.6) is 17.2 Å². The molecule has 11 heteroatoms. The van der Waals surface area contributed by atoms with E-state index in [2.05, 4.69) is 11.4 Å². The third kappa shape index (κ3) is 8.90. The van der Waals surface area contributed by atoms with Crippen molar-refractivity contribution in [1.29, 1.82) is 5.26 Å². The van der Waals surface area contributed by atoms with Gasteiger partial charge in [0.2, 0.25) is 5.91 Å². The smallest absolute Gasteiger partial charge is 0.257 e. The molecule has 0 bridgehead atoms. The molecule has 1 N–H and O–H groups in total. The molecule has 6 aromatic rings. The van der Waals surface area contributed by atoms with Crippen LogP contribution in [0.25, 0.3) is 11.1 Å². The van der Waals surface area contributed by atoms with E-state index in [1.165, 1.54) is 23.1 Å². The molecule has 0 saturated heterocycles. The average molecular weight is 827 g/mol. The van der Waals surface area contributed by atoms with Crippen molar-refractivity contribution in [1.82, 2.24) is 10.2 Å². The lowest BCUT2D eigenvalue weighted by atomic mass is 9.91.